The Balaban J connectivity index is 1.76. The number of rotatable bonds is 7. The standard InChI is InChI=1S/C20H22N4O3S2/c1-13-5-10-18(14(2)11-13)24-12-21-22-20(24)28-15(3)19(25)16-6-8-17(9-7-16)23-29(4,26)27/h5-12,15,23H,1-4H3. The number of thioether (sulfide) groups is 1. The Morgan fingerprint density at radius 2 is 1.83 bits per heavy atom. The molecule has 0 amide bonds. The predicted molar refractivity (Wildman–Crippen MR) is 115 cm³/mol. The monoisotopic (exact) mass is 430 g/mol. The number of aromatic nitrogens is 3. The van der Waals surface area contributed by atoms with E-state index in [2.05, 4.69) is 21.0 Å². The number of benzene rings is 2. The van der Waals surface area contributed by atoms with Crippen molar-refractivity contribution in [3.8, 4) is 5.69 Å². The Labute approximate surface area is 174 Å². The minimum absolute atomic E-state index is 0.0731. The summed E-state index contributed by atoms with van der Waals surface area (Å²) in [6.07, 6.45) is 2.72. The van der Waals surface area contributed by atoms with E-state index in [-0.39, 0.29) is 5.78 Å². The number of Topliss-reactive ketones (excluding diaryl/α,β-unsaturated/α-hetero) is 1. The van der Waals surface area contributed by atoms with Crippen LogP contribution in [0, 0.1) is 13.8 Å². The van der Waals surface area contributed by atoms with Crippen LogP contribution in [0.2, 0.25) is 0 Å². The summed E-state index contributed by atoms with van der Waals surface area (Å²) in [5.74, 6) is -0.0731. The molecule has 1 N–H and O–H groups in total. The second kappa shape index (κ2) is 8.38. The molecule has 0 spiro atoms. The van der Waals surface area contributed by atoms with E-state index >= 15 is 0 Å². The molecule has 0 radical (unpaired) electrons. The number of nitrogens with one attached hydrogen (secondary N) is 1. The normalized spacial score (nSPS) is 12.6. The molecule has 0 aliphatic rings. The summed E-state index contributed by atoms with van der Waals surface area (Å²) in [7, 11) is -3.36. The number of hydrogen-bond donors (Lipinski definition) is 1. The lowest BCUT2D eigenvalue weighted by atomic mass is 10.1. The minimum Gasteiger partial charge on any atom is -0.293 e. The molecule has 0 fully saturated rings. The smallest absolute Gasteiger partial charge is 0.229 e. The Bertz CT molecular complexity index is 1140. The molecule has 1 unspecified atom stereocenters. The van der Waals surface area contributed by atoms with E-state index in [0.29, 0.717) is 16.4 Å². The summed E-state index contributed by atoms with van der Waals surface area (Å²) in [6, 6.07) is 12.5. The number of ketones is 1. The van der Waals surface area contributed by atoms with Gasteiger partial charge in [0.05, 0.1) is 17.2 Å². The van der Waals surface area contributed by atoms with Crippen LogP contribution in [-0.4, -0.2) is 40.5 Å². The number of nitrogens with zero attached hydrogens (tertiary/aromatic N) is 3. The maximum atomic E-state index is 12.8. The highest BCUT2D eigenvalue weighted by Gasteiger charge is 2.20. The van der Waals surface area contributed by atoms with E-state index in [0.717, 1.165) is 17.5 Å². The van der Waals surface area contributed by atoms with Crippen LogP contribution < -0.4 is 4.72 Å². The highest BCUT2D eigenvalue weighted by atomic mass is 32.2. The first kappa shape index (κ1) is 21.1. The molecule has 0 saturated heterocycles. The third-order valence-corrected chi connectivity index (χ3v) is 5.92. The first-order chi connectivity index (χ1) is 13.6. The van der Waals surface area contributed by atoms with Crippen molar-refractivity contribution in [3.63, 3.8) is 0 Å². The first-order valence-corrected chi connectivity index (χ1v) is 11.7. The fourth-order valence-corrected chi connectivity index (χ4v) is 4.39. The number of aryl methyl sites for hydroxylation is 2. The summed E-state index contributed by atoms with van der Waals surface area (Å²) in [6.45, 7) is 5.88. The van der Waals surface area contributed by atoms with Crippen molar-refractivity contribution in [3.05, 3.63) is 65.5 Å². The Morgan fingerprint density at radius 3 is 2.45 bits per heavy atom. The second-order valence-electron chi connectivity index (χ2n) is 6.85. The van der Waals surface area contributed by atoms with E-state index in [1.54, 1.807) is 30.6 Å². The van der Waals surface area contributed by atoms with Gasteiger partial charge in [0.25, 0.3) is 0 Å². The first-order valence-electron chi connectivity index (χ1n) is 8.90. The average molecular weight is 431 g/mol. The lowest BCUT2D eigenvalue weighted by Gasteiger charge is -2.13. The Morgan fingerprint density at radius 1 is 1.14 bits per heavy atom. The van der Waals surface area contributed by atoms with Gasteiger partial charge in [0.1, 0.15) is 6.33 Å². The largest absolute Gasteiger partial charge is 0.293 e. The van der Waals surface area contributed by atoms with Crippen LogP contribution in [-0.2, 0) is 10.0 Å². The van der Waals surface area contributed by atoms with Gasteiger partial charge in [-0.15, -0.1) is 10.2 Å². The summed E-state index contributed by atoms with van der Waals surface area (Å²) in [4.78, 5) is 12.8. The van der Waals surface area contributed by atoms with Gasteiger partial charge < -0.3 is 0 Å². The van der Waals surface area contributed by atoms with Crippen LogP contribution in [0.1, 0.15) is 28.4 Å². The molecule has 152 valence electrons. The zero-order valence-electron chi connectivity index (χ0n) is 16.6. The van der Waals surface area contributed by atoms with E-state index in [1.165, 1.54) is 17.3 Å². The molecule has 29 heavy (non-hydrogen) atoms. The van der Waals surface area contributed by atoms with Gasteiger partial charge in [0.2, 0.25) is 10.0 Å². The molecule has 0 bridgehead atoms. The van der Waals surface area contributed by atoms with Crippen molar-refractivity contribution >= 4 is 33.3 Å². The Hall–Kier alpha value is -2.65. The molecule has 9 heteroatoms. The molecule has 1 aromatic heterocycles. The van der Waals surface area contributed by atoms with Gasteiger partial charge in [0.15, 0.2) is 10.9 Å². The SMILES string of the molecule is Cc1ccc(-n2cnnc2SC(C)C(=O)c2ccc(NS(C)(=O)=O)cc2)c(C)c1. The molecule has 7 nitrogen and oxygen atoms in total. The zero-order valence-corrected chi connectivity index (χ0v) is 18.2. The zero-order chi connectivity index (χ0) is 21.2. The maximum absolute atomic E-state index is 12.8. The van der Waals surface area contributed by atoms with Gasteiger partial charge in [-0.1, -0.05) is 29.5 Å². The van der Waals surface area contributed by atoms with Crippen LogP contribution in [0.3, 0.4) is 0 Å². The lowest BCUT2D eigenvalue weighted by Crippen LogP contribution is -2.15. The topological polar surface area (TPSA) is 93.9 Å². The van der Waals surface area contributed by atoms with Crippen molar-refractivity contribution < 1.29 is 13.2 Å². The van der Waals surface area contributed by atoms with Crippen molar-refractivity contribution in [1.29, 1.82) is 0 Å². The number of sulfonamides is 1. The Kier molecular flexibility index (Phi) is 6.09. The summed E-state index contributed by atoms with van der Waals surface area (Å²) < 4.78 is 26.9. The van der Waals surface area contributed by atoms with Crippen LogP contribution >= 0.6 is 11.8 Å². The summed E-state index contributed by atoms with van der Waals surface area (Å²) in [5, 5.41) is 8.42. The molecule has 0 saturated carbocycles. The fraction of sp³-hybridized carbons (Fsp3) is 0.250. The van der Waals surface area contributed by atoms with Crippen LogP contribution in [0.4, 0.5) is 5.69 Å². The minimum atomic E-state index is -3.36. The van der Waals surface area contributed by atoms with Gasteiger partial charge in [-0.25, -0.2) is 8.42 Å². The highest BCUT2D eigenvalue weighted by molar-refractivity contribution is 8.00. The highest BCUT2D eigenvalue weighted by Crippen LogP contribution is 2.27. The van der Waals surface area contributed by atoms with Crippen molar-refractivity contribution in [2.24, 2.45) is 0 Å². The van der Waals surface area contributed by atoms with Crippen molar-refractivity contribution in [2.75, 3.05) is 11.0 Å². The van der Waals surface area contributed by atoms with Crippen molar-refractivity contribution in [1.82, 2.24) is 14.8 Å². The van der Waals surface area contributed by atoms with E-state index < -0.39 is 15.3 Å². The average Bonchev–Trinajstić information content (AvgIpc) is 3.08. The number of hydrogen-bond acceptors (Lipinski definition) is 6. The number of anilines is 1. The molecule has 1 heterocycles. The lowest BCUT2D eigenvalue weighted by molar-refractivity contribution is 0.0994. The summed E-state index contributed by atoms with van der Waals surface area (Å²) in [5.41, 5.74) is 4.16. The predicted octanol–water partition coefficient (Wildman–Crippen LogP) is 3.62. The molecule has 0 aliphatic carbocycles. The molecule has 0 aliphatic heterocycles. The molecule has 3 aromatic rings. The van der Waals surface area contributed by atoms with Crippen LogP contribution in [0.25, 0.3) is 5.69 Å². The van der Waals surface area contributed by atoms with Gasteiger partial charge in [-0.3, -0.25) is 14.1 Å². The molecular formula is C20H22N4O3S2. The van der Waals surface area contributed by atoms with Gasteiger partial charge in [-0.05, 0) is 56.7 Å². The quantitative estimate of drug-likeness (QED) is 0.454. The van der Waals surface area contributed by atoms with Gasteiger partial charge in [0, 0.05) is 11.3 Å². The van der Waals surface area contributed by atoms with Crippen LogP contribution in [0.5, 0.6) is 0 Å². The van der Waals surface area contributed by atoms with E-state index in [9.17, 15) is 13.2 Å². The second-order valence-corrected chi connectivity index (χ2v) is 9.91. The third kappa shape index (κ3) is 5.24. The van der Waals surface area contributed by atoms with E-state index in [4.69, 9.17) is 0 Å². The fourth-order valence-electron chi connectivity index (χ4n) is 2.91. The number of carbonyl (C=O) groups excluding carboxylic acids is 1. The van der Waals surface area contributed by atoms with E-state index in [1.807, 2.05) is 37.5 Å². The molecular weight excluding hydrogens is 408 g/mol. The molecule has 1 atom stereocenters. The summed E-state index contributed by atoms with van der Waals surface area (Å²) >= 11 is 1.33. The molecule has 2 aromatic carbocycles. The van der Waals surface area contributed by atoms with Gasteiger partial charge >= 0.3 is 0 Å². The third-order valence-electron chi connectivity index (χ3n) is 4.25. The number of carbonyl (C=O) groups is 1. The maximum Gasteiger partial charge on any atom is 0.229 e. The molecule has 3 rings (SSSR count). The van der Waals surface area contributed by atoms with Gasteiger partial charge in [-0.2, -0.15) is 0 Å². The van der Waals surface area contributed by atoms with Crippen LogP contribution in [0.15, 0.2) is 53.9 Å². The van der Waals surface area contributed by atoms with Crippen molar-refractivity contribution in [2.45, 2.75) is 31.2 Å².